The summed E-state index contributed by atoms with van der Waals surface area (Å²) in [5, 5.41) is 0. The van der Waals surface area contributed by atoms with Crippen molar-refractivity contribution in [3.05, 3.63) is 18.2 Å². The zero-order chi connectivity index (χ0) is 17.9. The van der Waals surface area contributed by atoms with E-state index in [0.717, 1.165) is 0 Å². The average molecular weight is 341 g/mol. The molecule has 0 aliphatic rings. The third-order valence-corrected chi connectivity index (χ3v) is 2.23. The molecule has 1 rings (SSSR count). The summed E-state index contributed by atoms with van der Waals surface area (Å²) < 4.78 is 28.6. The van der Waals surface area contributed by atoms with Crippen LogP contribution in [0.4, 0.5) is 14.4 Å². The zero-order valence-corrected chi connectivity index (χ0v) is 13.5. The molecule has 0 saturated heterocycles. The molecular formula is C15H17O9. The van der Waals surface area contributed by atoms with E-state index < -0.39 is 18.5 Å². The summed E-state index contributed by atoms with van der Waals surface area (Å²) >= 11 is 0. The van der Waals surface area contributed by atoms with Crippen LogP contribution < -0.4 is 14.2 Å². The Kier molecular flexibility index (Phi) is 7.89. The van der Waals surface area contributed by atoms with Crippen molar-refractivity contribution in [1.82, 2.24) is 0 Å². The van der Waals surface area contributed by atoms with Crippen LogP contribution in [0.3, 0.4) is 0 Å². The number of hydrogen-bond acceptors (Lipinski definition) is 9. The van der Waals surface area contributed by atoms with Crippen LogP contribution in [0.1, 0.15) is 20.8 Å². The van der Waals surface area contributed by atoms with E-state index in [1.54, 1.807) is 20.8 Å². The Labute approximate surface area is 138 Å². The van der Waals surface area contributed by atoms with Gasteiger partial charge in [0.15, 0.2) is 11.5 Å². The van der Waals surface area contributed by atoms with Gasteiger partial charge in [0.2, 0.25) is 5.75 Å². The van der Waals surface area contributed by atoms with Crippen molar-refractivity contribution in [2.24, 2.45) is 0 Å². The number of hydrogen-bond donors (Lipinski definition) is 0. The smallest absolute Gasteiger partial charge is 0.434 e. The molecule has 24 heavy (non-hydrogen) atoms. The van der Waals surface area contributed by atoms with Crippen molar-refractivity contribution in [1.29, 1.82) is 0 Å². The first-order valence-corrected chi connectivity index (χ1v) is 7.09. The molecule has 0 aromatic heterocycles. The Morgan fingerprint density at radius 1 is 0.750 bits per heavy atom. The summed E-state index contributed by atoms with van der Waals surface area (Å²) in [6, 6.07) is 4.97. The summed E-state index contributed by atoms with van der Waals surface area (Å²) in [5.41, 5.74) is 0. The lowest BCUT2D eigenvalue weighted by atomic mass is 10.3. The summed E-state index contributed by atoms with van der Waals surface area (Å²) in [7, 11) is 0. The Bertz CT molecular complexity index is 544. The second-order valence-electron chi connectivity index (χ2n) is 3.87. The molecule has 9 nitrogen and oxygen atoms in total. The lowest BCUT2D eigenvalue weighted by Gasteiger charge is -2.13. The SMILES string of the molecule is CCOC(=O)Oc1c[c]cc(OC(=O)OCC)c1OC(=O)OCC. The number of carbonyl (C=O) groups excluding carboxylic acids is 3. The number of rotatable bonds is 6. The Balaban J connectivity index is 3.09. The zero-order valence-electron chi connectivity index (χ0n) is 13.5. The maximum atomic E-state index is 11.5. The van der Waals surface area contributed by atoms with Crippen LogP contribution >= 0.6 is 0 Å². The molecule has 0 spiro atoms. The van der Waals surface area contributed by atoms with E-state index in [-0.39, 0.29) is 37.1 Å². The number of ether oxygens (including phenoxy) is 6. The maximum Gasteiger partial charge on any atom is 0.514 e. The first kappa shape index (κ1) is 19.1. The molecule has 1 aromatic carbocycles. The van der Waals surface area contributed by atoms with Gasteiger partial charge in [-0.2, -0.15) is 0 Å². The molecule has 0 atom stereocenters. The van der Waals surface area contributed by atoms with E-state index in [0.29, 0.717) is 0 Å². The van der Waals surface area contributed by atoms with Crippen LogP contribution in [0.25, 0.3) is 0 Å². The normalized spacial score (nSPS) is 9.62. The average Bonchev–Trinajstić information content (AvgIpc) is 2.51. The van der Waals surface area contributed by atoms with E-state index in [4.69, 9.17) is 14.2 Å². The highest BCUT2D eigenvalue weighted by molar-refractivity contribution is 5.73. The van der Waals surface area contributed by atoms with Gasteiger partial charge in [0, 0.05) is 0 Å². The molecular weight excluding hydrogens is 324 g/mol. The van der Waals surface area contributed by atoms with Gasteiger partial charge < -0.3 is 28.4 Å². The quantitative estimate of drug-likeness (QED) is 0.438. The van der Waals surface area contributed by atoms with Crippen molar-refractivity contribution in [2.75, 3.05) is 19.8 Å². The van der Waals surface area contributed by atoms with Gasteiger partial charge in [0.1, 0.15) is 0 Å². The molecule has 0 unspecified atom stereocenters. The fourth-order valence-electron chi connectivity index (χ4n) is 1.40. The molecule has 0 aliphatic heterocycles. The molecule has 0 amide bonds. The molecule has 0 aliphatic carbocycles. The molecule has 1 radical (unpaired) electrons. The highest BCUT2D eigenvalue weighted by Crippen LogP contribution is 2.37. The van der Waals surface area contributed by atoms with Crippen LogP contribution in [0, 0.1) is 6.07 Å². The lowest BCUT2D eigenvalue weighted by molar-refractivity contribution is 0.0887. The maximum absolute atomic E-state index is 11.5. The Morgan fingerprint density at radius 2 is 1.12 bits per heavy atom. The van der Waals surface area contributed by atoms with E-state index in [2.05, 4.69) is 20.3 Å². The van der Waals surface area contributed by atoms with Gasteiger partial charge in [0.25, 0.3) is 0 Å². The van der Waals surface area contributed by atoms with E-state index in [1.807, 2.05) is 0 Å². The van der Waals surface area contributed by atoms with Gasteiger partial charge in [-0.25, -0.2) is 14.4 Å². The number of carbonyl (C=O) groups is 3. The predicted octanol–water partition coefficient (Wildman–Crippen LogP) is 3.09. The van der Waals surface area contributed by atoms with Crippen LogP contribution in [0.15, 0.2) is 12.1 Å². The number of benzene rings is 1. The van der Waals surface area contributed by atoms with Gasteiger partial charge >= 0.3 is 18.5 Å². The van der Waals surface area contributed by atoms with Crippen molar-refractivity contribution in [3.63, 3.8) is 0 Å². The van der Waals surface area contributed by atoms with Crippen LogP contribution in [0.2, 0.25) is 0 Å². The molecule has 0 saturated carbocycles. The predicted molar refractivity (Wildman–Crippen MR) is 78.2 cm³/mol. The second kappa shape index (κ2) is 9.93. The molecule has 0 N–H and O–H groups in total. The molecule has 1 aromatic rings. The van der Waals surface area contributed by atoms with Crippen molar-refractivity contribution in [3.8, 4) is 17.2 Å². The topological polar surface area (TPSA) is 107 Å². The lowest BCUT2D eigenvalue weighted by Crippen LogP contribution is -2.16. The van der Waals surface area contributed by atoms with Gasteiger partial charge in [0.05, 0.1) is 19.8 Å². The monoisotopic (exact) mass is 341 g/mol. The molecule has 0 bridgehead atoms. The van der Waals surface area contributed by atoms with Crippen LogP contribution in [-0.2, 0) is 14.2 Å². The van der Waals surface area contributed by atoms with Gasteiger partial charge in [-0.15, -0.1) is 0 Å². The van der Waals surface area contributed by atoms with Crippen molar-refractivity contribution in [2.45, 2.75) is 20.8 Å². The fraction of sp³-hybridized carbons (Fsp3) is 0.400. The molecule has 9 heteroatoms. The summed E-state index contributed by atoms with van der Waals surface area (Å²) in [5.74, 6) is -0.847. The van der Waals surface area contributed by atoms with Crippen molar-refractivity contribution >= 4 is 18.5 Å². The van der Waals surface area contributed by atoms with Gasteiger partial charge in [-0.1, -0.05) is 0 Å². The second-order valence-corrected chi connectivity index (χ2v) is 3.87. The van der Waals surface area contributed by atoms with E-state index in [9.17, 15) is 14.4 Å². The summed E-state index contributed by atoms with van der Waals surface area (Å²) in [4.78, 5) is 34.4. The summed E-state index contributed by atoms with van der Waals surface area (Å²) in [6.07, 6.45) is -3.15. The highest BCUT2D eigenvalue weighted by Gasteiger charge is 2.22. The van der Waals surface area contributed by atoms with Gasteiger partial charge in [-0.3, -0.25) is 0 Å². The first-order valence-electron chi connectivity index (χ1n) is 7.09. The minimum Gasteiger partial charge on any atom is -0.434 e. The molecule has 0 fully saturated rings. The fourth-order valence-corrected chi connectivity index (χ4v) is 1.40. The minimum atomic E-state index is -1.08. The summed E-state index contributed by atoms with van der Waals surface area (Å²) in [6.45, 7) is 4.96. The first-order chi connectivity index (χ1) is 11.5. The highest BCUT2D eigenvalue weighted by atomic mass is 16.8. The van der Waals surface area contributed by atoms with E-state index in [1.165, 1.54) is 12.1 Å². The van der Waals surface area contributed by atoms with Crippen molar-refractivity contribution < 1.29 is 42.8 Å². The third kappa shape index (κ3) is 6.03. The Morgan fingerprint density at radius 3 is 1.50 bits per heavy atom. The Hall–Kier alpha value is -2.97. The largest absolute Gasteiger partial charge is 0.514 e. The minimum absolute atomic E-state index is 0.0555. The third-order valence-electron chi connectivity index (χ3n) is 2.23. The standard InChI is InChI=1S/C15H17O9/c1-4-19-13(16)22-10-8-7-9-11(23-14(17)20-5-2)12(10)24-15(18)21-6-3/h8-9H,4-6H2,1-3H3. The van der Waals surface area contributed by atoms with Crippen LogP contribution in [0.5, 0.6) is 17.2 Å². The van der Waals surface area contributed by atoms with E-state index >= 15 is 0 Å². The molecule has 131 valence electrons. The van der Waals surface area contributed by atoms with Crippen LogP contribution in [-0.4, -0.2) is 38.3 Å². The molecule has 0 heterocycles. The van der Waals surface area contributed by atoms with Gasteiger partial charge in [-0.05, 0) is 39.0 Å².